The van der Waals surface area contributed by atoms with Gasteiger partial charge in [-0.3, -0.25) is 9.59 Å². The maximum atomic E-state index is 12.3. The van der Waals surface area contributed by atoms with Gasteiger partial charge >= 0.3 is 0 Å². The highest BCUT2D eigenvalue weighted by atomic mass is 32.1. The van der Waals surface area contributed by atoms with Crippen LogP contribution in [0.5, 0.6) is 0 Å². The number of fused-ring (bicyclic) bond motifs is 4. The highest BCUT2D eigenvalue weighted by Gasteiger charge is 2.35. The largest absolute Gasteiger partial charge is 0.355 e. The van der Waals surface area contributed by atoms with Gasteiger partial charge in [0, 0.05) is 56.4 Å². The van der Waals surface area contributed by atoms with E-state index in [1.807, 2.05) is 10.6 Å². The number of nitrogens with one attached hydrogen (secondary N) is 2. The summed E-state index contributed by atoms with van der Waals surface area (Å²) in [6.45, 7) is 7.82. The molecule has 8 heteroatoms. The third kappa shape index (κ3) is 5.52. The van der Waals surface area contributed by atoms with Crippen molar-refractivity contribution in [2.24, 2.45) is 5.92 Å². The Balaban J connectivity index is 1.17. The topological polar surface area (TPSA) is 69.6 Å². The highest BCUT2D eigenvalue weighted by molar-refractivity contribution is 7.80. The summed E-state index contributed by atoms with van der Waals surface area (Å²) < 4.78 is 1.92. The zero-order valence-corrected chi connectivity index (χ0v) is 20.0. The molecule has 2 saturated heterocycles. The molecule has 1 aromatic heterocycles. The first kappa shape index (κ1) is 23.2. The van der Waals surface area contributed by atoms with Gasteiger partial charge in [-0.2, -0.15) is 0 Å². The predicted octanol–water partition coefficient (Wildman–Crippen LogP) is 1.91. The maximum absolute atomic E-state index is 12.3. The number of rotatable bonds is 7. The fourth-order valence-electron chi connectivity index (χ4n) is 5.72. The van der Waals surface area contributed by atoms with E-state index in [0.29, 0.717) is 29.5 Å². The smallest absolute Gasteiger partial charge is 0.250 e. The summed E-state index contributed by atoms with van der Waals surface area (Å²) in [4.78, 5) is 29.2. The Morgan fingerprint density at radius 1 is 1.19 bits per heavy atom. The molecule has 3 aliphatic heterocycles. The summed E-state index contributed by atoms with van der Waals surface area (Å²) in [6.07, 6.45) is 7.25. The molecule has 0 aliphatic carbocycles. The van der Waals surface area contributed by atoms with Crippen molar-refractivity contribution >= 4 is 23.2 Å². The number of hydrogen-bond acceptors (Lipinski definition) is 4. The minimum Gasteiger partial charge on any atom is -0.355 e. The minimum atomic E-state index is -0.00728. The third-order valence-corrected chi connectivity index (χ3v) is 7.73. The summed E-state index contributed by atoms with van der Waals surface area (Å²) in [5, 5.41) is 6.82. The van der Waals surface area contributed by atoms with Crippen molar-refractivity contribution in [3.05, 3.63) is 34.2 Å². The van der Waals surface area contributed by atoms with Crippen LogP contribution in [0.3, 0.4) is 0 Å². The van der Waals surface area contributed by atoms with Crippen LogP contribution in [0.4, 0.5) is 0 Å². The number of pyridine rings is 1. The molecule has 3 aliphatic rings. The van der Waals surface area contributed by atoms with Gasteiger partial charge in [-0.05, 0) is 62.9 Å². The fourth-order valence-corrected chi connectivity index (χ4v) is 5.94. The number of carbonyl (C=O) groups excluding carboxylic acids is 1. The van der Waals surface area contributed by atoms with Gasteiger partial charge in [0.05, 0.1) is 6.54 Å². The molecule has 0 saturated carbocycles. The second-order valence-electron chi connectivity index (χ2n) is 9.56. The third-order valence-electron chi connectivity index (χ3n) is 7.33. The lowest BCUT2D eigenvalue weighted by Crippen LogP contribution is -2.52. The number of thiocarbonyl (C=S) groups is 1. The number of aromatic nitrogens is 1. The van der Waals surface area contributed by atoms with Crippen LogP contribution in [0.25, 0.3) is 0 Å². The van der Waals surface area contributed by atoms with E-state index < -0.39 is 0 Å². The molecular weight excluding hydrogens is 422 g/mol. The Labute approximate surface area is 196 Å². The molecule has 176 valence electrons. The first-order valence-electron chi connectivity index (χ1n) is 12.3. The summed E-state index contributed by atoms with van der Waals surface area (Å²) in [5.41, 5.74) is 1.20. The van der Waals surface area contributed by atoms with Gasteiger partial charge in [0.2, 0.25) is 5.91 Å². The van der Waals surface area contributed by atoms with Crippen LogP contribution in [0, 0.1) is 5.92 Å². The van der Waals surface area contributed by atoms with E-state index in [9.17, 15) is 9.59 Å². The van der Waals surface area contributed by atoms with Crippen molar-refractivity contribution in [1.82, 2.24) is 25.0 Å². The molecule has 2 fully saturated rings. The zero-order valence-electron chi connectivity index (χ0n) is 19.2. The molecule has 3 atom stereocenters. The van der Waals surface area contributed by atoms with Gasteiger partial charge < -0.3 is 25.0 Å². The number of piperidine rings is 2. The van der Waals surface area contributed by atoms with Gasteiger partial charge in [-0.15, -0.1) is 0 Å². The monoisotopic (exact) mass is 459 g/mol. The standard InChI is InChI=1S/C24H37N5O2S/c1-2-20-7-3-4-11-27(20)12-6-10-25-22(30)14-26-24(32)28-15-18-13-19(17-28)21-8-5-9-23(31)29(21)16-18/h5,8-9,18-20H,2-4,6-7,10-17H2,1H3,(H,25,30)(H,26,32). The summed E-state index contributed by atoms with van der Waals surface area (Å²) >= 11 is 5.60. The van der Waals surface area contributed by atoms with Crippen LogP contribution < -0.4 is 16.2 Å². The molecular formula is C24H37N5O2S. The molecule has 2 N–H and O–H groups in total. The van der Waals surface area contributed by atoms with E-state index >= 15 is 0 Å². The molecule has 4 rings (SSSR count). The van der Waals surface area contributed by atoms with Crippen LogP contribution in [0.2, 0.25) is 0 Å². The van der Waals surface area contributed by atoms with Crippen molar-refractivity contribution in [2.45, 2.75) is 64.0 Å². The van der Waals surface area contributed by atoms with Crippen molar-refractivity contribution < 1.29 is 4.79 Å². The van der Waals surface area contributed by atoms with Crippen LogP contribution in [-0.4, -0.2) is 70.7 Å². The predicted molar refractivity (Wildman–Crippen MR) is 131 cm³/mol. The van der Waals surface area contributed by atoms with Crippen LogP contribution in [0.15, 0.2) is 23.0 Å². The molecule has 1 amide bonds. The van der Waals surface area contributed by atoms with E-state index in [4.69, 9.17) is 12.2 Å². The molecule has 4 heterocycles. The Morgan fingerprint density at radius 3 is 2.91 bits per heavy atom. The van der Waals surface area contributed by atoms with E-state index in [-0.39, 0.29) is 18.0 Å². The second-order valence-corrected chi connectivity index (χ2v) is 9.95. The summed E-state index contributed by atoms with van der Waals surface area (Å²) in [7, 11) is 0. The van der Waals surface area contributed by atoms with Crippen molar-refractivity contribution in [3.63, 3.8) is 0 Å². The molecule has 0 radical (unpaired) electrons. The van der Waals surface area contributed by atoms with Crippen LogP contribution in [0.1, 0.15) is 57.1 Å². The molecule has 32 heavy (non-hydrogen) atoms. The van der Waals surface area contributed by atoms with Gasteiger partial charge in [-0.1, -0.05) is 19.4 Å². The van der Waals surface area contributed by atoms with Crippen molar-refractivity contribution in [3.8, 4) is 0 Å². The summed E-state index contributed by atoms with van der Waals surface area (Å²) in [5.74, 6) is 0.718. The Bertz CT molecular complexity index is 872. The fraction of sp³-hybridized carbons (Fsp3) is 0.708. The zero-order chi connectivity index (χ0) is 22.5. The summed E-state index contributed by atoms with van der Waals surface area (Å²) in [6, 6.07) is 6.26. The Morgan fingerprint density at radius 2 is 2.06 bits per heavy atom. The first-order valence-corrected chi connectivity index (χ1v) is 12.7. The van der Waals surface area contributed by atoms with Gasteiger partial charge in [0.15, 0.2) is 5.11 Å². The number of carbonyl (C=O) groups is 1. The van der Waals surface area contributed by atoms with Gasteiger partial charge in [0.25, 0.3) is 5.56 Å². The average Bonchev–Trinajstić information content (AvgIpc) is 2.81. The first-order chi connectivity index (χ1) is 15.5. The van der Waals surface area contributed by atoms with E-state index in [2.05, 4.69) is 33.4 Å². The molecule has 7 nitrogen and oxygen atoms in total. The quantitative estimate of drug-likeness (QED) is 0.480. The average molecular weight is 460 g/mol. The molecule has 0 spiro atoms. The Kier molecular flexibility index (Phi) is 7.84. The minimum absolute atomic E-state index is 0.00728. The Hall–Kier alpha value is -1.93. The lowest BCUT2D eigenvalue weighted by atomic mass is 9.83. The van der Waals surface area contributed by atoms with Gasteiger partial charge in [0.1, 0.15) is 0 Å². The molecule has 2 bridgehead atoms. The van der Waals surface area contributed by atoms with E-state index in [1.54, 1.807) is 6.07 Å². The number of likely N-dealkylation sites (tertiary alicyclic amines) is 2. The number of nitrogens with zero attached hydrogens (tertiary/aromatic N) is 3. The van der Waals surface area contributed by atoms with Crippen LogP contribution in [-0.2, 0) is 11.3 Å². The maximum Gasteiger partial charge on any atom is 0.250 e. The SMILES string of the molecule is CCC1CCCCN1CCCNC(=O)CNC(=S)N1CC2CC(C1)c1cccc(=O)n1C2. The normalized spacial score (nSPS) is 25.2. The molecule has 1 aromatic rings. The van der Waals surface area contributed by atoms with E-state index in [0.717, 1.165) is 44.7 Å². The molecule has 0 aromatic carbocycles. The van der Waals surface area contributed by atoms with Crippen molar-refractivity contribution in [2.75, 3.05) is 39.3 Å². The lowest BCUT2D eigenvalue weighted by molar-refractivity contribution is -0.120. The van der Waals surface area contributed by atoms with Crippen LogP contribution >= 0.6 is 12.2 Å². The van der Waals surface area contributed by atoms with Crippen molar-refractivity contribution in [1.29, 1.82) is 0 Å². The van der Waals surface area contributed by atoms with E-state index in [1.165, 1.54) is 32.2 Å². The van der Waals surface area contributed by atoms with Gasteiger partial charge in [-0.25, -0.2) is 0 Å². The number of hydrogen-bond donors (Lipinski definition) is 2. The number of amides is 1. The lowest BCUT2D eigenvalue weighted by Gasteiger charge is -2.43. The second kappa shape index (κ2) is 10.8. The molecule has 3 unspecified atom stereocenters. The highest BCUT2D eigenvalue weighted by Crippen LogP contribution is 2.34.